The van der Waals surface area contributed by atoms with Gasteiger partial charge >= 0.3 is 6.18 Å². The predicted octanol–water partition coefficient (Wildman–Crippen LogP) is 4.00. The SMILES string of the molecule is O=C(NCc1cccc(C(F)(F)F)c1Cl)C1CCOc2ncsc21. The molecule has 0 radical (unpaired) electrons. The summed E-state index contributed by atoms with van der Waals surface area (Å²) in [6, 6.07) is 3.64. The Morgan fingerprint density at radius 1 is 1.46 bits per heavy atom. The monoisotopic (exact) mass is 376 g/mol. The zero-order chi connectivity index (χ0) is 17.3. The Balaban J connectivity index is 1.72. The van der Waals surface area contributed by atoms with Crippen LogP contribution in [-0.2, 0) is 17.5 Å². The Hall–Kier alpha value is -1.80. The third kappa shape index (κ3) is 3.34. The lowest BCUT2D eigenvalue weighted by atomic mass is 10.0. The Morgan fingerprint density at radius 2 is 2.25 bits per heavy atom. The van der Waals surface area contributed by atoms with Crippen molar-refractivity contribution in [2.24, 2.45) is 0 Å². The van der Waals surface area contributed by atoms with Crippen molar-refractivity contribution in [3.8, 4) is 5.88 Å². The van der Waals surface area contributed by atoms with Gasteiger partial charge in [0, 0.05) is 6.54 Å². The van der Waals surface area contributed by atoms with Crippen molar-refractivity contribution in [1.29, 1.82) is 0 Å². The minimum absolute atomic E-state index is 0.0763. The number of carbonyl (C=O) groups is 1. The lowest BCUT2D eigenvalue weighted by molar-refractivity contribution is -0.137. The smallest absolute Gasteiger partial charge is 0.417 e. The molecule has 0 saturated carbocycles. The second-order valence-electron chi connectivity index (χ2n) is 5.21. The van der Waals surface area contributed by atoms with Crippen LogP contribution >= 0.6 is 22.9 Å². The number of amides is 1. The van der Waals surface area contributed by atoms with E-state index in [1.165, 1.54) is 23.5 Å². The molecule has 9 heteroatoms. The van der Waals surface area contributed by atoms with Crippen molar-refractivity contribution < 1.29 is 22.7 Å². The third-order valence-electron chi connectivity index (χ3n) is 3.68. The van der Waals surface area contributed by atoms with Crippen LogP contribution in [0.15, 0.2) is 23.7 Å². The molecule has 3 rings (SSSR count). The highest BCUT2D eigenvalue weighted by Crippen LogP contribution is 2.37. The molecule has 4 nitrogen and oxygen atoms in total. The fourth-order valence-corrected chi connectivity index (χ4v) is 3.64. The highest BCUT2D eigenvalue weighted by Gasteiger charge is 2.34. The Morgan fingerprint density at radius 3 is 3.00 bits per heavy atom. The normalized spacial score (nSPS) is 17.1. The van der Waals surface area contributed by atoms with Crippen LogP contribution in [0.1, 0.15) is 28.3 Å². The predicted molar refractivity (Wildman–Crippen MR) is 83.3 cm³/mol. The Bertz CT molecular complexity index is 763. The molecule has 1 aromatic carbocycles. The summed E-state index contributed by atoms with van der Waals surface area (Å²) in [6.07, 6.45) is -4.04. The summed E-state index contributed by atoms with van der Waals surface area (Å²) in [7, 11) is 0. The zero-order valence-corrected chi connectivity index (χ0v) is 13.8. The number of thiazole rings is 1. The number of alkyl halides is 3. The molecule has 1 atom stereocenters. The fraction of sp³-hybridized carbons (Fsp3) is 0.333. The summed E-state index contributed by atoms with van der Waals surface area (Å²) < 4.78 is 43.9. The van der Waals surface area contributed by atoms with Crippen LogP contribution in [-0.4, -0.2) is 17.5 Å². The van der Waals surface area contributed by atoms with Gasteiger partial charge in [-0.15, -0.1) is 11.3 Å². The van der Waals surface area contributed by atoms with Crippen LogP contribution in [0.5, 0.6) is 5.88 Å². The second-order valence-corrected chi connectivity index (χ2v) is 6.47. The molecule has 1 aliphatic heterocycles. The van der Waals surface area contributed by atoms with E-state index in [2.05, 4.69) is 10.3 Å². The van der Waals surface area contributed by atoms with E-state index in [-0.39, 0.29) is 18.0 Å². The van der Waals surface area contributed by atoms with Crippen molar-refractivity contribution >= 4 is 28.8 Å². The first-order valence-corrected chi connectivity index (χ1v) is 8.32. The topological polar surface area (TPSA) is 51.2 Å². The van der Waals surface area contributed by atoms with Gasteiger partial charge in [0.05, 0.1) is 33.5 Å². The standard InChI is InChI=1S/C15H12ClF3N2O2S/c16-11-8(2-1-3-10(11)15(17,18)19)6-20-13(22)9-4-5-23-14-12(9)24-7-21-14/h1-3,7,9H,4-6H2,(H,20,22). The number of ether oxygens (including phenoxy) is 1. The number of halogens is 4. The summed E-state index contributed by atoms with van der Waals surface area (Å²) in [6.45, 7) is 0.298. The van der Waals surface area contributed by atoms with Crippen molar-refractivity contribution in [1.82, 2.24) is 10.3 Å². The molecule has 0 fully saturated rings. The first-order chi connectivity index (χ1) is 11.4. The highest BCUT2D eigenvalue weighted by atomic mass is 35.5. The number of rotatable bonds is 3. The van der Waals surface area contributed by atoms with Gasteiger partial charge < -0.3 is 10.1 Å². The fourth-order valence-electron chi connectivity index (χ4n) is 2.48. The minimum atomic E-state index is -4.53. The van der Waals surface area contributed by atoms with E-state index in [0.29, 0.717) is 18.9 Å². The maximum Gasteiger partial charge on any atom is 0.417 e. The third-order valence-corrected chi connectivity index (χ3v) is 5.05. The molecule has 1 unspecified atom stereocenters. The maximum atomic E-state index is 12.9. The van der Waals surface area contributed by atoms with Crippen LogP contribution in [0.4, 0.5) is 13.2 Å². The molecule has 0 spiro atoms. The quantitative estimate of drug-likeness (QED) is 0.881. The van der Waals surface area contributed by atoms with E-state index in [0.717, 1.165) is 10.9 Å². The van der Waals surface area contributed by atoms with Crippen LogP contribution < -0.4 is 10.1 Å². The van der Waals surface area contributed by atoms with Crippen LogP contribution in [0.3, 0.4) is 0 Å². The van der Waals surface area contributed by atoms with E-state index >= 15 is 0 Å². The van der Waals surface area contributed by atoms with E-state index in [1.807, 2.05) is 0 Å². The number of carbonyl (C=O) groups excluding carboxylic acids is 1. The molecule has 0 bridgehead atoms. The van der Waals surface area contributed by atoms with E-state index in [4.69, 9.17) is 16.3 Å². The van der Waals surface area contributed by atoms with Crippen LogP contribution in [0.2, 0.25) is 5.02 Å². The van der Waals surface area contributed by atoms with Crippen LogP contribution in [0.25, 0.3) is 0 Å². The molecule has 1 amide bonds. The summed E-state index contributed by atoms with van der Waals surface area (Å²) in [4.78, 5) is 17.1. The van der Waals surface area contributed by atoms with E-state index in [9.17, 15) is 18.0 Å². The lowest BCUT2D eigenvalue weighted by Crippen LogP contribution is -2.31. The molecule has 2 aromatic rings. The number of benzene rings is 1. The molecular weight excluding hydrogens is 365 g/mol. The average molecular weight is 377 g/mol. The largest absolute Gasteiger partial charge is 0.477 e. The maximum absolute atomic E-state index is 12.9. The summed E-state index contributed by atoms with van der Waals surface area (Å²) in [5.41, 5.74) is 0.906. The van der Waals surface area contributed by atoms with Gasteiger partial charge in [-0.1, -0.05) is 23.7 Å². The number of hydrogen-bond donors (Lipinski definition) is 1. The Kier molecular flexibility index (Phi) is 4.69. The molecule has 0 saturated heterocycles. The Labute approximate surface area is 144 Å². The number of nitrogens with one attached hydrogen (secondary N) is 1. The zero-order valence-electron chi connectivity index (χ0n) is 12.2. The molecule has 0 aliphatic carbocycles. The molecular formula is C15H12ClF3N2O2S. The van der Waals surface area contributed by atoms with Gasteiger partial charge in [-0.05, 0) is 18.1 Å². The average Bonchev–Trinajstić information content (AvgIpc) is 3.01. The van der Waals surface area contributed by atoms with E-state index < -0.39 is 22.7 Å². The number of fused-ring (bicyclic) bond motifs is 1. The van der Waals surface area contributed by atoms with Crippen molar-refractivity contribution in [3.63, 3.8) is 0 Å². The number of hydrogen-bond acceptors (Lipinski definition) is 4. The van der Waals surface area contributed by atoms with Gasteiger partial charge in [0.25, 0.3) is 0 Å². The number of nitrogens with zero attached hydrogens (tertiary/aromatic N) is 1. The van der Waals surface area contributed by atoms with Crippen molar-refractivity contribution in [3.05, 3.63) is 44.7 Å². The van der Waals surface area contributed by atoms with E-state index in [1.54, 1.807) is 5.51 Å². The highest BCUT2D eigenvalue weighted by molar-refractivity contribution is 7.10. The first kappa shape index (κ1) is 17.0. The molecule has 24 heavy (non-hydrogen) atoms. The van der Waals surface area contributed by atoms with Gasteiger partial charge in [0.15, 0.2) is 0 Å². The summed E-state index contributed by atoms with van der Waals surface area (Å²) >= 11 is 7.15. The summed E-state index contributed by atoms with van der Waals surface area (Å²) in [5.74, 6) is -0.244. The van der Waals surface area contributed by atoms with Gasteiger partial charge in [-0.3, -0.25) is 4.79 Å². The van der Waals surface area contributed by atoms with Gasteiger partial charge in [0.1, 0.15) is 0 Å². The van der Waals surface area contributed by atoms with Gasteiger partial charge in [-0.25, -0.2) is 4.98 Å². The van der Waals surface area contributed by atoms with Crippen LogP contribution in [0, 0.1) is 0 Å². The lowest BCUT2D eigenvalue weighted by Gasteiger charge is -2.21. The molecule has 2 heterocycles. The molecule has 128 valence electrons. The molecule has 1 aromatic heterocycles. The molecule has 1 N–H and O–H groups in total. The second kappa shape index (κ2) is 6.60. The molecule has 1 aliphatic rings. The van der Waals surface area contributed by atoms with Gasteiger partial charge in [0.2, 0.25) is 11.8 Å². The number of aromatic nitrogens is 1. The van der Waals surface area contributed by atoms with Gasteiger partial charge in [-0.2, -0.15) is 13.2 Å². The summed E-state index contributed by atoms with van der Waals surface area (Å²) in [5, 5.41) is 2.26. The van der Waals surface area contributed by atoms with Crippen molar-refractivity contribution in [2.45, 2.75) is 25.1 Å². The van der Waals surface area contributed by atoms with Crippen molar-refractivity contribution in [2.75, 3.05) is 6.61 Å². The first-order valence-electron chi connectivity index (χ1n) is 7.06. The minimum Gasteiger partial charge on any atom is -0.477 e.